The molecule has 2 nitrogen and oxygen atoms in total. The smallest absolute Gasteiger partial charge is 0.333 e. The first-order valence-electron chi connectivity index (χ1n) is 20.5. The first kappa shape index (κ1) is 36.1. The normalized spacial score (nSPS) is 13.5. The molecule has 10 rings (SSSR count). The van der Waals surface area contributed by atoms with Gasteiger partial charge >= 0.3 is 6.85 Å². The molecular weight excluding hydrogens is 707 g/mol. The minimum absolute atomic E-state index is 0.00603. The summed E-state index contributed by atoms with van der Waals surface area (Å²) in [6, 6.07) is 40.5. The molecule has 6 aromatic carbocycles. The van der Waals surface area contributed by atoms with Crippen molar-refractivity contribution in [1.29, 1.82) is 0 Å². The molecule has 0 saturated carbocycles. The van der Waals surface area contributed by atoms with Gasteiger partial charge in [-0.25, -0.2) is 0 Å². The van der Waals surface area contributed by atoms with Crippen molar-refractivity contribution in [3.05, 3.63) is 147 Å². The third-order valence-electron chi connectivity index (χ3n) is 12.8. The number of aryl methyl sites for hydroxylation is 5. The summed E-state index contributed by atoms with van der Waals surface area (Å²) >= 11 is 1.91. The number of benzene rings is 6. The van der Waals surface area contributed by atoms with Crippen LogP contribution in [0.3, 0.4) is 0 Å². The van der Waals surface area contributed by atoms with Crippen LogP contribution in [-0.4, -0.2) is 11.3 Å². The average molecular weight is 759 g/mol. The Morgan fingerprint density at radius 3 is 1.89 bits per heavy atom. The van der Waals surface area contributed by atoms with E-state index in [1.807, 2.05) is 11.3 Å². The minimum Gasteiger partial charge on any atom is -0.375 e. The third kappa shape index (κ3) is 5.43. The fraction of sp³-hybridized carbons (Fsp3) is 0.245. The van der Waals surface area contributed by atoms with Crippen molar-refractivity contribution in [2.75, 3.05) is 4.90 Å². The van der Waals surface area contributed by atoms with Crippen LogP contribution < -0.4 is 15.8 Å². The van der Waals surface area contributed by atoms with Crippen LogP contribution in [0.15, 0.2) is 109 Å². The zero-order valence-electron chi connectivity index (χ0n) is 35.3. The Morgan fingerprint density at radius 1 is 0.544 bits per heavy atom. The van der Waals surface area contributed by atoms with Crippen LogP contribution >= 0.6 is 11.3 Å². The van der Waals surface area contributed by atoms with Crippen LogP contribution in [-0.2, 0) is 10.8 Å². The van der Waals surface area contributed by atoms with Gasteiger partial charge in [0, 0.05) is 49.0 Å². The van der Waals surface area contributed by atoms with Crippen molar-refractivity contribution in [2.45, 2.75) is 87.0 Å². The molecule has 0 atom stereocenters. The van der Waals surface area contributed by atoms with Crippen molar-refractivity contribution < 1.29 is 0 Å². The van der Waals surface area contributed by atoms with Gasteiger partial charge in [0.1, 0.15) is 0 Å². The first-order valence-corrected chi connectivity index (χ1v) is 21.4. The Kier molecular flexibility index (Phi) is 7.81. The van der Waals surface area contributed by atoms with E-state index in [0.717, 1.165) is 0 Å². The van der Waals surface area contributed by atoms with Crippen LogP contribution in [0.5, 0.6) is 0 Å². The van der Waals surface area contributed by atoms with E-state index in [1.165, 1.54) is 121 Å². The van der Waals surface area contributed by atoms with E-state index >= 15 is 0 Å². The van der Waals surface area contributed by atoms with Crippen molar-refractivity contribution in [1.82, 2.24) is 4.48 Å². The zero-order chi connectivity index (χ0) is 39.9. The summed E-state index contributed by atoms with van der Waals surface area (Å²) in [5, 5.41) is 5.08. The number of anilines is 3. The summed E-state index contributed by atoms with van der Waals surface area (Å²) in [4.78, 5) is 3.93. The monoisotopic (exact) mass is 758 g/mol. The van der Waals surface area contributed by atoms with Gasteiger partial charge in [-0.15, -0.1) is 11.3 Å². The lowest BCUT2D eigenvalue weighted by molar-refractivity contribution is 0.590. The van der Waals surface area contributed by atoms with E-state index in [9.17, 15) is 0 Å². The molecule has 0 aliphatic carbocycles. The van der Waals surface area contributed by atoms with Gasteiger partial charge in [-0.05, 0) is 149 Å². The third-order valence-corrected chi connectivity index (χ3v) is 13.8. The average Bonchev–Trinajstić information content (AvgIpc) is 3.72. The summed E-state index contributed by atoms with van der Waals surface area (Å²) in [6.07, 6.45) is 0. The Labute approximate surface area is 342 Å². The number of rotatable bonds is 3. The molecule has 0 fully saturated rings. The van der Waals surface area contributed by atoms with Gasteiger partial charge < -0.3 is 9.38 Å². The van der Waals surface area contributed by atoms with Crippen molar-refractivity contribution in [2.24, 2.45) is 0 Å². The van der Waals surface area contributed by atoms with Gasteiger partial charge in [0.05, 0.1) is 5.69 Å². The van der Waals surface area contributed by atoms with E-state index < -0.39 is 0 Å². The number of hydrogen-bond acceptors (Lipinski definition) is 2. The van der Waals surface area contributed by atoms with E-state index in [0.29, 0.717) is 0 Å². The van der Waals surface area contributed by atoms with Gasteiger partial charge in [-0.3, -0.25) is 0 Å². The molecule has 0 saturated heterocycles. The van der Waals surface area contributed by atoms with Crippen LogP contribution in [0.25, 0.3) is 54.5 Å². The predicted octanol–water partition coefficient (Wildman–Crippen LogP) is 13.7. The lowest BCUT2D eigenvalue weighted by Gasteiger charge is -2.39. The number of nitrogens with zero attached hydrogens (tertiary/aromatic N) is 2. The molecule has 2 aromatic heterocycles. The summed E-state index contributed by atoms with van der Waals surface area (Å²) in [5.74, 6) is 0. The van der Waals surface area contributed by atoms with E-state index in [2.05, 4.69) is 194 Å². The summed E-state index contributed by atoms with van der Waals surface area (Å²) < 4.78 is 2.72. The van der Waals surface area contributed by atoms with Crippen LogP contribution in [0.4, 0.5) is 17.1 Å². The second-order valence-corrected chi connectivity index (χ2v) is 19.9. The predicted molar refractivity (Wildman–Crippen MR) is 250 cm³/mol. The molecule has 0 spiro atoms. The van der Waals surface area contributed by atoms with E-state index in [4.69, 9.17) is 0 Å². The topological polar surface area (TPSA) is 8.17 Å². The van der Waals surface area contributed by atoms with Crippen LogP contribution in [0.1, 0.15) is 80.5 Å². The van der Waals surface area contributed by atoms with Gasteiger partial charge in [0.15, 0.2) is 0 Å². The molecule has 2 aliphatic rings. The number of thiophene rings is 1. The number of aromatic nitrogens is 1. The Balaban J connectivity index is 1.31. The largest absolute Gasteiger partial charge is 0.375 e. The van der Waals surface area contributed by atoms with Crippen molar-refractivity contribution >= 4 is 68.0 Å². The zero-order valence-corrected chi connectivity index (χ0v) is 36.1. The highest BCUT2D eigenvalue weighted by Crippen LogP contribution is 2.50. The maximum Gasteiger partial charge on any atom is 0.333 e. The Morgan fingerprint density at radius 2 is 1.21 bits per heavy atom. The maximum absolute atomic E-state index is 2.72. The lowest BCUT2D eigenvalue weighted by atomic mass is 9.46. The molecule has 0 unspecified atom stereocenters. The molecule has 57 heavy (non-hydrogen) atoms. The van der Waals surface area contributed by atoms with E-state index in [-0.39, 0.29) is 17.7 Å². The summed E-state index contributed by atoms with van der Waals surface area (Å²) in [6.45, 7) is 25.1. The summed E-state index contributed by atoms with van der Waals surface area (Å²) in [7, 11) is 0. The van der Waals surface area contributed by atoms with Gasteiger partial charge in [0.2, 0.25) is 0 Å². The standard InChI is InChI=1S/C53H51BN2S/c1-30-12-19-40(32(3)22-30)36-26-42-41-25-35(48-33(4)23-31(2)24-34(48)5)13-20-45(41)56-50(42)43(27-36)51-49-47(29-57-51)55(39-17-14-37(15-18-39)52(6,7)8)46-21-16-38(53(9,10)11)28-44(46)54(49)56/h12-29H,1-11H3. The summed E-state index contributed by atoms with van der Waals surface area (Å²) in [5.41, 5.74) is 25.1. The first-order chi connectivity index (χ1) is 27.1. The molecule has 0 N–H and O–H groups in total. The molecule has 282 valence electrons. The lowest BCUT2D eigenvalue weighted by Crippen LogP contribution is -2.56. The SMILES string of the molecule is Cc1ccc(-c2cc3c4c(c2)c2cc(-c5c(C)cc(C)cc5C)ccc2n4B2c4cc(C(C)(C)C)ccc4N(c4ccc(C(C)(C)C)cc4)c4csc-3c42)c(C)c1. The molecule has 2 aliphatic heterocycles. The van der Waals surface area contributed by atoms with Crippen LogP contribution in [0.2, 0.25) is 0 Å². The number of fused-ring (bicyclic) bond motifs is 7. The molecule has 0 radical (unpaired) electrons. The Hall–Kier alpha value is -5.32. The second-order valence-electron chi connectivity index (χ2n) is 19.0. The molecule has 0 amide bonds. The van der Waals surface area contributed by atoms with Gasteiger partial charge in [-0.2, -0.15) is 0 Å². The van der Waals surface area contributed by atoms with Crippen LogP contribution in [0, 0.1) is 34.6 Å². The second kappa shape index (κ2) is 12.3. The molecular formula is C53H51BN2S. The Bertz CT molecular complexity index is 2960. The highest BCUT2D eigenvalue weighted by Gasteiger charge is 2.44. The highest BCUT2D eigenvalue weighted by atomic mass is 32.1. The van der Waals surface area contributed by atoms with Gasteiger partial charge in [-0.1, -0.05) is 113 Å². The van der Waals surface area contributed by atoms with Gasteiger partial charge in [0.25, 0.3) is 0 Å². The maximum atomic E-state index is 2.72. The number of hydrogen-bond donors (Lipinski definition) is 0. The molecule has 0 bridgehead atoms. The quantitative estimate of drug-likeness (QED) is 0.163. The minimum atomic E-state index is 0.00603. The van der Waals surface area contributed by atoms with Crippen molar-refractivity contribution in [3.63, 3.8) is 0 Å². The molecule has 8 aromatic rings. The fourth-order valence-electron chi connectivity index (χ4n) is 10.1. The van der Waals surface area contributed by atoms with Crippen molar-refractivity contribution in [3.8, 4) is 32.7 Å². The molecule has 4 heteroatoms. The molecule has 4 heterocycles. The van der Waals surface area contributed by atoms with E-state index in [1.54, 1.807) is 0 Å². The fourth-order valence-corrected chi connectivity index (χ4v) is 11.2. The highest BCUT2D eigenvalue weighted by molar-refractivity contribution is 7.17.